The number of hydrogen-bond donors (Lipinski definition) is 0. The molecule has 0 aromatic carbocycles. The molecule has 0 unspecified atom stereocenters. The van der Waals surface area contributed by atoms with Crippen LogP contribution in [0, 0.1) is 5.92 Å². The van der Waals surface area contributed by atoms with Gasteiger partial charge in [0.15, 0.2) is 0 Å². The second-order valence-corrected chi connectivity index (χ2v) is 11.1. The quantitative estimate of drug-likeness (QED) is 0.0761. The Hall–Kier alpha value is -3.71. The summed E-state index contributed by atoms with van der Waals surface area (Å²) in [6.45, 7) is 19.2. The number of rotatable bonds is 17. The SMILES string of the molecule is CC(C)=CCC/C(C)=C/C=C/C(C)=C/C=C/C(C)=C/C=C/C=C(C=O)/C=C/C=C(C)/C=C/C=C(C)/C=C/CC(C)C. The van der Waals surface area contributed by atoms with E-state index in [1.165, 1.54) is 22.3 Å². The highest BCUT2D eigenvalue weighted by Gasteiger charge is 1.89. The highest BCUT2D eigenvalue weighted by atomic mass is 16.1. The maximum Gasteiger partial charge on any atom is 0.150 e. The van der Waals surface area contributed by atoms with Crippen LogP contribution < -0.4 is 0 Å². The summed E-state index contributed by atoms with van der Waals surface area (Å²) in [6.07, 6.45) is 43.1. The standard InChI is InChI=1S/C40H54O/c1-33(2)18-12-21-36(6)24-15-27-38(8)26-14-23-35(5)20-10-11-30-40(32-41)31-17-29-39(9)28-16-25-37(7)22-13-19-34(3)4/h10-11,13-18,20,22-32,34H,12,19,21H2,1-9H3/b11-10+,22-13+,23-14+,27-15+,28-16+,31-17+,35-20+,36-24+,37-25+,38-26+,39-29+,40-30-. The number of aldehydes is 1. The van der Waals surface area contributed by atoms with E-state index in [2.05, 4.69) is 128 Å². The van der Waals surface area contributed by atoms with Crippen molar-refractivity contribution in [1.29, 1.82) is 0 Å². The van der Waals surface area contributed by atoms with Gasteiger partial charge >= 0.3 is 0 Å². The third kappa shape index (κ3) is 25.0. The summed E-state index contributed by atoms with van der Waals surface area (Å²) < 4.78 is 0. The van der Waals surface area contributed by atoms with Crippen molar-refractivity contribution in [1.82, 2.24) is 0 Å². The minimum absolute atomic E-state index is 0.619. The average molecular weight is 551 g/mol. The van der Waals surface area contributed by atoms with E-state index in [1.807, 2.05) is 49.5 Å². The van der Waals surface area contributed by atoms with Crippen LogP contribution in [0.4, 0.5) is 0 Å². The van der Waals surface area contributed by atoms with Crippen LogP contribution >= 0.6 is 0 Å². The zero-order valence-corrected chi connectivity index (χ0v) is 27.2. The molecule has 220 valence electrons. The van der Waals surface area contributed by atoms with Gasteiger partial charge in [0.2, 0.25) is 0 Å². The van der Waals surface area contributed by atoms with Crippen molar-refractivity contribution < 1.29 is 4.79 Å². The maximum absolute atomic E-state index is 11.4. The summed E-state index contributed by atoms with van der Waals surface area (Å²) >= 11 is 0. The fourth-order valence-electron chi connectivity index (χ4n) is 3.31. The van der Waals surface area contributed by atoms with Gasteiger partial charge in [-0.3, -0.25) is 4.79 Å². The zero-order chi connectivity index (χ0) is 30.9. The van der Waals surface area contributed by atoms with Crippen LogP contribution in [-0.4, -0.2) is 6.29 Å². The fraction of sp³-hybridized carbons (Fsp3) is 0.325. The first-order chi connectivity index (χ1) is 19.5. The van der Waals surface area contributed by atoms with Crippen molar-refractivity contribution >= 4 is 6.29 Å². The topological polar surface area (TPSA) is 17.1 Å². The van der Waals surface area contributed by atoms with Crippen LogP contribution in [0.5, 0.6) is 0 Å². The van der Waals surface area contributed by atoms with Gasteiger partial charge in [-0.25, -0.2) is 0 Å². The van der Waals surface area contributed by atoms with Gasteiger partial charge in [-0.05, 0) is 73.6 Å². The Bertz CT molecular complexity index is 1180. The normalized spacial score (nSPS) is 15.4. The summed E-state index contributed by atoms with van der Waals surface area (Å²) in [5, 5.41) is 0. The van der Waals surface area contributed by atoms with Crippen LogP contribution in [0.1, 0.15) is 81.6 Å². The number of hydrogen-bond acceptors (Lipinski definition) is 1. The summed E-state index contributed by atoms with van der Waals surface area (Å²) in [5.74, 6) is 0.681. The average Bonchev–Trinajstić information content (AvgIpc) is 2.89. The molecule has 0 aromatic rings. The lowest BCUT2D eigenvalue weighted by molar-refractivity contribution is -0.104. The van der Waals surface area contributed by atoms with Crippen LogP contribution in [0.2, 0.25) is 0 Å². The van der Waals surface area contributed by atoms with Gasteiger partial charge in [-0.2, -0.15) is 0 Å². The highest BCUT2D eigenvalue weighted by molar-refractivity contribution is 5.78. The molecule has 0 N–H and O–H groups in total. The van der Waals surface area contributed by atoms with Crippen LogP contribution in [0.25, 0.3) is 0 Å². The van der Waals surface area contributed by atoms with Crippen molar-refractivity contribution in [2.24, 2.45) is 5.92 Å². The van der Waals surface area contributed by atoms with Crippen LogP contribution in [-0.2, 0) is 4.79 Å². The Morgan fingerprint density at radius 2 is 1.02 bits per heavy atom. The van der Waals surface area contributed by atoms with Crippen molar-refractivity contribution in [3.05, 3.63) is 154 Å². The molecule has 0 rings (SSSR count). The molecule has 0 spiro atoms. The molecule has 0 aliphatic heterocycles. The molecular weight excluding hydrogens is 496 g/mol. The van der Waals surface area contributed by atoms with E-state index in [4.69, 9.17) is 0 Å². The third-order valence-electron chi connectivity index (χ3n) is 5.80. The number of carbonyl (C=O) groups excluding carboxylic acids is 1. The molecule has 0 aliphatic rings. The molecule has 41 heavy (non-hydrogen) atoms. The Morgan fingerprint density at radius 1 is 0.561 bits per heavy atom. The van der Waals surface area contributed by atoms with Gasteiger partial charge in [0.1, 0.15) is 6.29 Å². The van der Waals surface area contributed by atoms with E-state index < -0.39 is 0 Å². The lowest BCUT2D eigenvalue weighted by Crippen LogP contribution is -1.81. The van der Waals surface area contributed by atoms with E-state index >= 15 is 0 Å². The molecule has 0 aliphatic carbocycles. The maximum atomic E-state index is 11.4. The Labute approximate surface area is 252 Å². The first kappa shape index (κ1) is 37.3. The molecule has 0 heterocycles. The van der Waals surface area contributed by atoms with Gasteiger partial charge in [0.25, 0.3) is 0 Å². The Balaban J connectivity index is 4.88. The molecule has 0 bridgehead atoms. The lowest BCUT2D eigenvalue weighted by atomic mass is 10.1. The van der Waals surface area contributed by atoms with E-state index in [0.29, 0.717) is 11.5 Å². The summed E-state index contributed by atoms with van der Waals surface area (Å²) in [6, 6.07) is 0. The minimum Gasteiger partial charge on any atom is -0.298 e. The van der Waals surface area contributed by atoms with Gasteiger partial charge in [0.05, 0.1) is 0 Å². The summed E-state index contributed by atoms with van der Waals surface area (Å²) in [7, 11) is 0. The smallest absolute Gasteiger partial charge is 0.150 e. The largest absolute Gasteiger partial charge is 0.298 e. The molecule has 1 heteroatoms. The lowest BCUT2D eigenvalue weighted by Gasteiger charge is -1.96. The van der Waals surface area contributed by atoms with Crippen LogP contribution in [0.3, 0.4) is 0 Å². The minimum atomic E-state index is 0.619. The summed E-state index contributed by atoms with van der Waals surface area (Å²) in [4.78, 5) is 11.4. The predicted molar refractivity (Wildman–Crippen MR) is 186 cm³/mol. The molecule has 0 fully saturated rings. The van der Waals surface area contributed by atoms with E-state index in [-0.39, 0.29) is 0 Å². The molecule has 0 amide bonds. The van der Waals surface area contributed by atoms with Gasteiger partial charge in [-0.1, -0.05) is 163 Å². The van der Waals surface area contributed by atoms with Crippen molar-refractivity contribution in [3.8, 4) is 0 Å². The van der Waals surface area contributed by atoms with Crippen LogP contribution in [0.15, 0.2) is 154 Å². The van der Waals surface area contributed by atoms with Gasteiger partial charge < -0.3 is 0 Å². The van der Waals surface area contributed by atoms with E-state index in [9.17, 15) is 4.79 Å². The second kappa shape index (κ2) is 24.1. The Kier molecular flexibility index (Phi) is 21.9. The van der Waals surface area contributed by atoms with Crippen molar-refractivity contribution in [2.45, 2.75) is 81.6 Å². The highest BCUT2D eigenvalue weighted by Crippen LogP contribution is 2.08. The fourth-order valence-corrected chi connectivity index (χ4v) is 3.31. The number of carbonyl (C=O) groups is 1. The molecule has 0 radical (unpaired) electrons. The van der Waals surface area contributed by atoms with Crippen molar-refractivity contribution in [3.63, 3.8) is 0 Å². The first-order valence-corrected chi connectivity index (χ1v) is 14.7. The van der Waals surface area contributed by atoms with E-state index in [1.54, 1.807) is 0 Å². The summed E-state index contributed by atoms with van der Waals surface area (Å²) in [5.41, 5.74) is 8.05. The molecule has 0 aromatic heterocycles. The monoisotopic (exact) mass is 550 g/mol. The first-order valence-electron chi connectivity index (χ1n) is 14.7. The van der Waals surface area contributed by atoms with Crippen molar-refractivity contribution in [2.75, 3.05) is 0 Å². The van der Waals surface area contributed by atoms with Gasteiger partial charge in [-0.15, -0.1) is 0 Å². The molecule has 1 nitrogen and oxygen atoms in total. The van der Waals surface area contributed by atoms with Gasteiger partial charge in [0, 0.05) is 5.57 Å². The molecule has 0 saturated carbocycles. The molecule has 0 atom stereocenters. The second-order valence-electron chi connectivity index (χ2n) is 11.1. The Morgan fingerprint density at radius 3 is 1.54 bits per heavy atom. The van der Waals surface area contributed by atoms with E-state index in [0.717, 1.165) is 36.7 Å². The zero-order valence-electron chi connectivity index (χ0n) is 27.2. The predicted octanol–water partition coefficient (Wildman–Crippen LogP) is 12.0. The number of allylic oxidation sites excluding steroid dienone is 26. The third-order valence-corrected chi connectivity index (χ3v) is 5.80. The molecule has 0 saturated heterocycles. The molecular formula is C40H54O.